The highest BCUT2D eigenvalue weighted by atomic mass is 32.1. The lowest BCUT2D eigenvalue weighted by Crippen LogP contribution is -1.84. The first-order valence-electron chi connectivity index (χ1n) is 8.40. The second-order valence-electron chi connectivity index (χ2n) is 6.16. The molecule has 5 rings (SSSR count). The molecule has 0 fully saturated rings. The predicted molar refractivity (Wildman–Crippen MR) is 106 cm³/mol. The maximum absolute atomic E-state index is 9.25. The minimum Gasteiger partial charge on any atom is -0.455 e. The molecule has 126 valence electrons. The summed E-state index contributed by atoms with van der Waals surface area (Å²) in [4.78, 5) is 4.48. The van der Waals surface area contributed by atoms with Crippen LogP contribution in [0.15, 0.2) is 76.5 Å². The third kappa shape index (κ3) is 2.43. The van der Waals surface area contributed by atoms with E-state index in [1.54, 1.807) is 11.3 Å². The molecular weight excluding hydrogens is 342 g/mol. The summed E-state index contributed by atoms with van der Waals surface area (Å²) < 4.78 is 6.16. The molecule has 2 aromatic heterocycles. The van der Waals surface area contributed by atoms with E-state index >= 15 is 0 Å². The molecule has 5 aromatic rings. The molecule has 0 radical (unpaired) electrons. The first-order chi connectivity index (χ1) is 12.8. The fourth-order valence-corrected chi connectivity index (χ4v) is 4.11. The summed E-state index contributed by atoms with van der Waals surface area (Å²) in [6.45, 7) is -0.0333. The molecule has 2 heterocycles. The Morgan fingerprint density at radius 3 is 2.58 bits per heavy atom. The van der Waals surface area contributed by atoms with Gasteiger partial charge in [0.1, 0.15) is 16.2 Å². The van der Waals surface area contributed by atoms with E-state index in [4.69, 9.17) is 4.42 Å². The average Bonchev–Trinajstić information content (AvgIpc) is 3.32. The van der Waals surface area contributed by atoms with Gasteiger partial charge in [0, 0.05) is 27.3 Å². The molecule has 0 aliphatic rings. The van der Waals surface area contributed by atoms with Crippen LogP contribution in [0.1, 0.15) is 5.69 Å². The Balaban J connectivity index is 1.69. The minimum absolute atomic E-state index is 0.0333. The largest absolute Gasteiger partial charge is 0.455 e. The lowest BCUT2D eigenvalue weighted by Gasteiger charge is -2.05. The molecule has 4 heteroatoms. The summed E-state index contributed by atoms with van der Waals surface area (Å²) in [7, 11) is 0. The fraction of sp³-hybridized carbons (Fsp3) is 0.0455. The standard InChI is InChI=1S/C22H15NO2S/c24-12-16-13-26-22(23-16)15-6-3-5-14(11-15)17-8-4-9-19-18-7-1-2-10-20(18)25-21(17)19/h1-11,13,24H,12H2. The van der Waals surface area contributed by atoms with Crippen LogP contribution in [0.3, 0.4) is 0 Å². The first-order valence-corrected chi connectivity index (χ1v) is 9.28. The van der Waals surface area contributed by atoms with Gasteiger partial charge in [0.05, 0.1) is 12.3 Å². The highest BCUT2D eigenvalue weighted by Gasteiger charge is 2.13. The summed E-state index contributed by atoms with van der Waals surface area (Å²) >= 11 is 1.54. The van der Waals surface area contributed by atoms with Crippen molar-refractivity contribution >= 4 is 33.3 Å². The third-order valence-corrected chi connectivity index (χ3v) is 5.48. The average molecular weight is 357 g/mol. The zero-order valence-corrected chi connectivity index (χ0v) is 14.7. The van der Waals surface area contributed by atoms with Crippen LogP contribution in [0.2, 0.25) is 0 Å². The van der Waals surface area contributed by atoms with Crippen molar-refractivity contribution in [3.8, 4) is 21.7 Å². The third-order valence-electron chi connectivity index (χ3n) is 4.54. The number of aromatic nitrogens is 1. The van der Waals surface area contributed by atoms with Crippen molar-refractivity contribution in [2.75, 3.05) is 0 Å². The van der Waals surface area contributed by atoms with E-state index in [9.17, 15) is 5.11 Å². The second kappa shape index (κ2) is 6.09. The Kier molecular flexibility index (Phi) is 3.59. The second-order valence-corrected chi connectivity index (χ2v) is 7.02. The number of aliphatic hydroxyl groups excluding tert-OH is 1. The quantitative estimate of drug-likeness (QED) is 0.439. The van der Waals surface area contributed by atoms with E-state index in [0.29, 0.717) is 5.69 Å². The molecular formula is C22H15NO2S. The number of nitrogens with zero attached hydrogens (tertiary/aromatic N) is 1. The maximum Gasteiger partial charge on any atom is 0.143 e. The van der Waals surface area contributed by atoms with E-state index in [1.165, 1.54) is 0 Å². The number of fused-ring (bicyclic) bond motifs is 3. The molecule has 0 amide bonds. The van der Waals surface area contributed by atoms with Crippen molar-refractivity contribution in [3.05, 3.63) is 77.8 Å². The van der Waals surface area contributed by atoms with Crippen LogP contribution >= 0.6 is 11.3 Å². The Morgan fingerprint density at radius 1 is 0.885 bits per heavy atom. The SMILES string of the molecule is OCc1csc(-c2cccc(-c3cccc4c3oc3ccccc34)c2)n1. The summed E-state index contributed by atoms with van der Waals surface area (Å²) in [5.74, 6) is 0. The molecule has 0 saturated carbocycles. The fourth-order valence-electron chi connectivity index (χ4n) is 3.31. The molecule has 0 unspecified atom stereocenters. The molecule has 0 atom stereocenters. The van der Waals surface area contributed by atoms with E-state index in [2.05, 4.69) is 41.4 Å². The van der Waals surface area contributed by atoms with Gasteiger partial charge in [-0.25, -0.2) is 4.98 Å². The number of furan rings is 1. The summed E-state index contributed by atoms with van der Waals surface area (Å²) in [6, 6.07) is 22.7. The van der Waals surface area contributed by atoms with E-state index in [0.717, 1.165) is 43.6 Å². The molecule has 1 N–H and O–H groups in total. The number of thiazole rings is 1. The zero-order chi connectivity index (χ0) is 17.5. The van der Waals surface area contributed by atoms with Crippen molar-refractivity contribution in [3.63, 3.8) is 0 Å². The van der Waals surface area contributed by atoms with Gasteiger partial charge >= 0.3 is 0 Å². The zero-order valence-electron chi connectivity index (χ0n) is 13.8. The van der Waals surface area contributed by atoms with E-state index in [1.807, 2.05) is 35.7 Å². The monoisotopic (exact) mass is 357 g/mol. The maximum atomic E-state index is 9.25. The van der Waals surface area contributed by atoms with Crippen LogP contribution in [0.5, 0.6) is 0 Å². The van der Waals surface area contributed by atoms with Crippen LogP contribution in [0.4, 0.5) is 0 Å². The van der Waals surface area contributed by atoms with Crippen LogP contribution < -0.4 is 0 Å². The van der Waals surface area contributed by atoms with Crippen molar-refractivity contribution in [1.82, 2.24) is 4.98 Å². The number of rotatable bonds is 3. The van der Waals surface area contributed by atoms with Gasteiger partial charge in [-0.1, -0.05) is 54.6 Å². The Hall–Kier alpha value is -2.95. The Morgan fingerprint density at radius 2 is 1.69 bits per heavy atom. The van der Waals surface area contributed by atoms with Crippen LogP contribution in [-0.2, 0) is 6.61 Å². The normalized spacial score (nSPS) is 11.4. The predicted octanol–water partition coefficient (Wildman–Crippen LogP) is 5.87. The lowest BCUT2D eigenvalue weighted by molar-refractivity contribution is 0.278. The van der Waals surface area contributed by atoms with Gasteiger partial charge < -0.3 is 9.52 Å². The highest BCUT2D eigenvalue weighted by molar-refractivity contribution is 7.13. The molecule has 3 nitrogen and oxygen atoms in total. The van der Waals surface area contributed by atoms with E-state index < -0.39 is 0 Å². The van der Waals surface area contributed by atoms with Gasteiger partial charge in [-0.3, -0.25) is 0 Å². The lowest BCUT2D eigenvalue weighted by atomic mass is 10.0. The van der Waals surface area contributed by atoms with Crippen LogP contribution in [-0.4, -0.2) is 10.1 Å². The van der Waals surface area contributed by atoms with Gasteiger partial charge in [-0.05, 0) is 17.7 Å². The Labute approximate surface area is 154 Å². The van der Waals surface area contributed by atoms with Crippen molar-refractivity contribution < 1.29 is 9.52 Å². The summed E-state index contributed by atoms with van der Waals surface area (Å²) in [5.41, 5.74) is 5.71. The topological polar surface area (TPSA) is 46.3 Å². The summed E-state index contributed by atoms with van der Waals surface area (Å²) in [5, 5.41) is 14.3. The van der Waals surface area contributed by atoms with Gasteiger partial charge in [-0.15, -0.1) is 11.3 Å². The molecule has 0 bridgehead atoms. The van der Waals surface area contributed by atoms with Crippen LogP contribution in [0.25, 0.3) is 43.6 Å². The van der Waals surface area contributed by atoms with Crippen molar-refractivity contribution in [2.24, 2.45) is 0 Å². The molecule has 26 heavy (non-hydrogen) atoms. The minimum atomic E-state index is -0.0333. The van der Waals surface area contributed by atoms with Gasteiger partial charge in [-0.2, -0.15) is 0 Å². The van der Waals surface area contributed by atoms with Crippen LogP contribution in [0, 0.1) is 0 Å². The molecule has 0 saturated heterocycles. The molecule has 0 aliphatic heterocycles. The highest BCUT2D eigenvalue weighted by Crippen LogP contribution is 2.37. The van der Waals surface area contributed by atoms with E-state index in [-0.39, 0.29) is 6.61 Å². The Bertz CT molecular complexity index is 1240. The molecule has 0 spiro atoms. The molecule has 0 aliphatic carbocycles. The van der Waals surface area contributed by atoms with Gasteiger partial charge in [0.15, 0.2) is 0 Å². The van der Waals surface area contributed by atoms with Gasteiger partial charge in [0.2, 0.25) is 0 Å². The first kappa shape index (κ1) is 15.3. The number of benzene rings is 3. The smallest absolute Gasteiger partial charge is 0.143 e. The number of aliphatic hydroxyl groups is 1. The van der Waals surface area contributed by atoms with Crippen molar-refractivity contribution in [1.29, 1.82) is 0 Å². The number of hydrogen-bond acceptors (Lipinski definition) is 4. The van der Waals surface area contributed by atoms with Gasteiger partial charge in [0.25, 0.3) is 0 Å². The van der Waals surface area contributed by atoms with Crippen molar-refractivity contribution in [2.45, 2.75) is 6.61 Å². The molecule has 3 aromatic carbocycles. The summed E-state index contributed by atoms with van der Waals surface area (Å²) in [6.07, 6.45) is 0. The number of hydrogen-bond donors (Lipinski definition) is 1. The number of para-hydroxylation sites is 2.